The second-order valence-corrected chi connectivity index (χ2v) is 5.48. The van der Waals surface area contributed by atoms with Crippen molar-refractivity contribution < 1.29 is 4.79 Å². The number of carbonyl (C=O) groups excluding carboxylic acids is 1. The molecule has 0 saturated heterocycles. The molecule has 96 valence electrons. The van der Waals surface area contributed by atoms with Gasteiger partial charge in [-0.1, -0.05) is 12.1 Å². The molecule has 18 heavy (non-hydrogen) atoms. The van der Waals surface area contributed by atoms with Crippen molar-refractivity contribution in [2.24, 2.45) is 5.92 Å². The average Bonchev–Trinajstić information content (AvgIpc) is 3.20. The molecule has 0 atom stereocenters. The van der Waals surface area contributed by atoms with Crippen molar-refractivity contribution in [2.75, 3.05) is 18.5 Å². The molecule has 0 spiro atoms. The average molecular weight is 244 g/mol. The molecule has 1 aliphatic carbocycles. The zero-order valence-electron chi connectivity index (χ0n) is 10.9. The van der Waals surface area contributed by atoms with Crippen LogP contribution in [0.25, 0.3) is 0 Å². The van der Waals surface area contributed by atoms with Gasteiger partial charge in [0, 0.05) is 31.7 Å². The first-order valence-corrected chi connectivity index (χ1v) is 6.85. The van der Waals surface area contributed by atoms with E-state index in [4.69, 9.17) is 0 Å². The van der Waals surface area contributed by atoms with Gasteiger partial charge in [0.15, 0.2) is 0 Å². The molecular weight excluding hydrogens is 224 g/mol. The van der Waals surface area contributed by atoms with Gasteiger partial charge in [0.25, 0.3) is 0 Å². The topological polar surface area (TPSA) is 32.3 Å². The maximum Gasteiger partial charge on any atom is 0.223 e. The van der Waals surface area contributed by atoms with Gasteiger partial charge in [-0.3, -0.25) is 4.79 Å². The van der Waals surface area contributed by atoms with Gasteiger partial charge in [-0.05, 0) is 42.9 Å². The van der Waals surface area contributed by atoms with Crippen LogP contribution in [0.2, 0.25) is 0 Å². The molecule has 0 unspecified atom stereocenters. The SMILES string of the molecule is CN1CCCc2cc(CNC(=O)C3CC3)ccc21. The van der Waals surface area contributed by atoms with E-state index in [1.807, 2.05) is 0 Å². The summed E-state index contributed by atoms with van der Waals surface area (Å²) < 4.78 is 0. The zero-order chi connectivity index (χ0) is 12.5. The maximum absolute atomic E-state index is 11.6. The van der Waals surface area contributed by atoms with Gasteiger partial charge < -0.3 is 10.2 Å². The molecule has 3 nitrogen and oxygen atoms in total. The summed E-state index contributed by atoms with van der Waals surface area (Å²) in [6.07, 6.45) is 4.52. The third kappa shape index (κ3) is 2.35. The highest BCUT2D eigenvalue weighted by molar-refractivity contribution is 5.80. The highest BCUT2D eigenvalue weighted by Crippen LogP contribution is 2.29. The Balaban J connectivity index is 1.67. The number of carbonyl (C=O) groups is 1. The summed E-state index contributed by atoms with van der Waals surface area (Å²) in [5, 5.41) is 3.03. The molecule has 1 heterocycles. The Hall–Kier alpha value is -1.51. The molecule has 1 aliphatic heterocycles. The number of anilines is 1. The third-order valence-corrected chi connectivity index (χ3v) is 3.91. The minimum Gasteiger partial charge on any atom is -0.374 e. The van der Waals surface area contributed by atoms with Crippen molar-refractivity contribution in [1.82, 2.24) is 5.32 Å². The summed E-state index contributed by atoms with van der Waals surface area (Å²) in [4.78, 5) is 13.9. The molecule has 1 amide bonds. The summed E-state index contributed by atoms with van der Waals surface area (Å²) >= 11 is 0. The first-order chi connectivity index (χ1) is 8.74. The number of aryl methyl sites for hydroxylation is 1. The van der Waals surface area contributed by atoms with Crippen LogP contribution < -0.4 is 10.2 Å². The van der Waals surface area contributed by atoms with Crippen LogP contribution in [0, 0.1) is 5.92 Å². The summed E-state index contributed by atoms with van der Waals surface area (Å²) in [5.74, 6) is 0.526. The van der Waals surface area contributed by atoms with Gasteiger partial charge >= 0.3 is 0 Å². The molecule has 3 rings (SSSR count). The normalized spacial score (nSPS) is 18.4. The quantitative estimate of drug-likeness (QED) is 0.883. The van der Waals surface area contributed by atoms with Crippen molar-refractivity contribution in [3.8, 4) is 0 Å². The smallest absolute Gasteiger partial charge is 0.223 e. The van der Waals surface area contributed by atoms with Crippen LogP contribution in [0.4, 0.5) is 5.69 Å². The van der Waals surface area contributed by atoms with Crippen molar-refractivity contribution in [2.45, 2.75) is 32.2 Å². The van der Waals surface area contributed by atoms with Crippen LogP contribution >= 0.6 is 0 Å². The lowest BCUT2D eigenvalue weighted by molar-refractivity contribution is -0.122. The molecule has 1 aromatic carbocycles. The van der Waals surface area contributed by atoms with Gasteiger partial charge in [0.2, 0.25) is 5.91 Å². The van der Waals surface area contributed by atoms with E-state index in [1.165, 1.54) is 23.2 Å². The molecule has 1 saturated carbocycles. The van der Waals surface area contributed by atoms with E-state index in [9.17, 15) is 4.79 Å². The lowest BCUT2D eigenvalue weighted by Crippen LogP contribution is -2.26. The van der Waals surface area contributed by atoms with E-state index in [-0.39, 0.29) is 5.91 Å². The van der Waals surface area contributed by atoms with E-state index in [1.54, 1.807) is 0 Å². The van der Waals surface area contributed by atoms with E-state index in [0.717, 1.165) is 25.8 Å². The van der Waals surface area contributed by atoms with E-state index >= 15 is 0 Å². The molecule has 0 radical (unpaired) electrons. The van der Waals surface area contributed by atoms with Crippen molar-refractivity contribution in [1.29, 1.82) is 0 Å². The molecule has 2 aliphatic rings. The first kappa shape index (κ1) is 11.6. The Bertz CT molecular complexity index is 466. The number of nitrogens with zero attached hydrogens (tertiary/aromatic N) is 1. The number of amides is 1. The minimum absolute atomic E-state index is 0.227. The van der Waals surface area contributed by atoms with Crippen LogP contribution in [-0.4, -0.2) is 19.5 Å². The van der Waals surface area contributed by atoms with Gasteiger partial charge in [-0.2, -0.15) is 0 Å². The fourth-order valence-electron chi connectivity index (χ4n) is 2.63. The van der Waals surface area contributed by atoms with Crippen LogP contribution in [-0.2, 0) is 17.8 Å². The minimum atomic E-state index is 0.227. The summed E-state index contributed by atoms with van der Waals surface area (Å²) in [7, 11) is 2.15. The molecule has 1 N–H and O–H groups in total. The number of hydrogen-bond acceptors (Lipinski definition) is 2. The van der Waals surface area contributed by atoms with Gasteiger partial charge in [-0.15, -0.1) is 0 Å². The predicted octanol–water partition coefficient (Wildman–Crippen LogP) is 2.10. The molecule has 1 fully saturated rings. The van der Waals surface area contributed by atoms with Crippen LogP contribution in [0.3, 0.4) is 0 Å². The Kier molecular flexibility index (Phi) is 2.98. The Labute approximate surface area is 108 Å². The lowest BCUT2D eigenvalue weighted by atomic mass is 9.99. The number of fused-ring (bicyclic) bond motifs is 1. The maximum atomic E-state index is 11.6. The summed E-state index contributed by atoms with van der Waals surface area (Å²) in [6.45, 7) is 1.82. The van der Waals surface area contributed by atoms with Crippen LogP contribution in [0.5, 0.6) is 0 Å². The lowest BCUT2D eigenvalue weighted by Gasteiger charge is -2.27. The monoisotopic (exact) mass is 244 g/mol. The number of benzene rings is 1. The molecular formula is C15H20N2O. The number of rotatable bonds is 3. The predicted molar refractivity (Wildman–Crippen MR) is 72.6 cm³/mol. The summed E-state index contributed by atoms with van der Waals surface area (Å²) in [6, 6.07) is 6.57. The Morgan fingerprint density at radius 1 is 1.44 bits per heavy atom. The second kappa shape index (κ2) is 4.63. The highest BCUT2D eigenvalue weighted by Gasteiger charge is 2.29. The fraction of sp³-hybridized carbons (Fsp3) is 0.533. The van der Waals surface area contributed by atoms with Crippen molar-refractivity contribution in [3.05, 3.63) is 29.3 Å². The third-order valence-electron chi connectivity index (χ3n) is 3.91. The fourth-order valence-corrected chi connectivity index (χ4v) is 2.63. The van der Waals surface area contributed by atoms with Gasteiger partial charge in [0.1, 0.15) is 0 Å². The molecule has 0 bridgehead atoms. The first-order valence-electron chi connectivity index (χ1n) is 6.85. The van der Waals surface area contributed by atoms with Crippen molar-refractivity contribution >= 4 is 11.6 Å². The van der Waals surface area contributed by atoms with Gasteiger partial charge in [-0.25, -0.2) is 0 Å². The molecule has 3 heteroatoms. The highest BCUT2D eigenvalue weighted by atomic mass is 16.2. The van der Waals surface area contributed by atoms with E-state index in [2.05, 4.69) is 35.5 Å². The molecule has 0 aromatic heterocycles. The summed E-state index contributed by atoms with van der Waals surface area (Å²) in [5.41, 5.74) is 3.98. The second-order valence-electron chi connectivity index (χ2n) is 5.48. The standard InChI is InChI=1S/C15H20N2O/c1-17-8-2-3-13-9-11(4-7-14(13)17)10-16-15(18)12-5-6-12/h4,7,9,12H,2-3,5-6,8,10H2,1H3,(H,16,18). The van der Waals surface area contributed by atoms with Crippen LogP contribution in [0.1, 0.15) is 30.4 Å². The van der Waals surface area contributed by atoms with Crippen molar-refractivity contribution in [3.63, 3.8) is 0 Å². The molecule has 1 aromatic rings. The van der Waals surface area contributed by atoms with E-state index < -0.39 is 0 Å². The Morgan fingerprint density at radius 3 is 3.06 bits per heavy atom. The zero-order valence-corrected chi connectivity index (χ0v) is 10.9. The largest absolute Gasteiger partial charge is 0.374 e. The van der Waals surface area contributed by atoms with Crippen LogP contribution in [0.15, 0.2) is 18.2 Å². The number of hydrogen-bond donors (Lipinski definition) is 1. The van der Waals surface area contributed by atoms with E-state index in [0.29, 0.717) is 12.5 Å². The Morgan fingerprint density at radius 2 is 2.28 bits per heavy atom. The van der Waals surface area contributed by atoms with Gasteiger partial charge in [0.05, 0.1) is 0 Å². The number of nitrogens with one attached hydrogen (secondary N) is 1.